The normalized spacial score (nSPS) is 18.1. The molecule has 1 atom stereocenters. The third kappa shape index (κ3) is 2.97. The number of aliphatic hydroxyl groups excluding tert-OH is 1. The van der Waals surface area contributed by atoms with Crippen LogP contribution in [0.25, 0.3) is 5.69 Å². The molecule has 1 aliphatic heterocycles. The zero-order valence-electron chi connectivity index (χ0n) is 11.9. The van der Waals surface area contributed by atoms with Crippen molar-refractivity contribution in [1.29, 1.82) is 0 Å². The second-order valence-electron chi connectivity index (χ2n) is 5.36. The molecule has 1 N–H and O–H groups in total. The van der Waals surface area contributed by atoms with Gasteiger partial charge < -0.3 is 10.0 Å². The van der Waals surface area contributed by atoms with Crippen LogP contribution in [0, 0.1) is 0 Å². The van der Waals surface area contributed by atoms with E-state index in [9.17, 15) is 9.90 Å². The number of likely N-dealkylation sites (tertiary alicyclic amines) is 1. The van der Waals surface area contributed by atoms with Gasteiger partial charge in [-0.05, 0) is 36.6 Å². The minimum atomic E-state index is 0.000785. The first-order chi connectivity index (χ1) is 10.3. The second kappa shape index (κ2) is 6.10. The van der Waals surface area contributed by atoms with Crippen LogP contribution in [0.1, 0.15) is 18.4 Å². The molecule has 0 spiro atoms. The third-order valence-electron chi connectivity index (χ3n) is 3.97. The summed E-state index contributed by atoms with van der Waals surface area (Å²) in [5, 5.41) is 13.5. The van der Waals surface area contributed by atoms with Crippen LogP contribution in [0.2, 0.25) is 0 Å². The first-order valence-corrected chi connectivity index (χ1v) is 7.27. The van der Waals surface area contributed by atoms with Gasteiger partial charge in [0.25, 0.3) is 0 Å². The van der Waals surface area contributed by atoms with Gasteiger partial charge in [-0.25, -0.2) is 4.68 Å². The molecule has 1 aromatic carbocycles. The summed E-state index contributed by atoms with van der Waals surface area (Å²) >= 11 is 0. The molecule has 2 heterocycles. The number of hydrogen-bond acceptors (Lipinski definition) is 3. The number of nitrogens with zero attached hydrogens (tertiary/aromatic N) is 3. The third-order valence-corrected chi connectivity index (χ3v) is 3.97. The summed E-state index contributed by atoms with van der Waals surface area (Å²) in [6, 6.07) is 9.71. The Balaban J connectivity index is 1.66. The van der Waals surface area contributed by atoms with Crippen LogP contribution >= 0.6 is 0 Å². The summed E-state index contributed by atoms with van der Waals surface area (Å²) in [5.74, 6) is 0.0957. The molecule has 5 heteroatoms. The van der Waals surface area contributed by atoms with Gasteiger partial charge in [-0.3, -0.25) is 4.79 Å². The van der Waals surface area contributed by atoms with Gasteiger partial charge in [0.05, 0.1) is 24.8 Å². The molecule has 0 radical (unpaired) electrons. The van der Waals surface area contributed by atoms with Crippen LogP contribution in [-0.4, -0.2) is 44.9 Å². The van der Waals surface area contributed by atoms with Gasteiger partial charge in [-0.2, -0.15) is 5.10 Å². The van der Waals surface area contributed by atoms with Crippen molar-refractivity contribution in [2.75, 3.05) is 13.2 Å². The maximum atomic E-state index is 12.3. The van der Waals surface area contributed by atoms with Crippen LogP contribution in [0.5, 0.6) is 0 Å². The van der Waals surface area contributed by atoms with Crippen molar-refractivity contribution in [3.8, 4) is 5.69 Å². The van der Waals surface area contributed by atoms with Crippen LogP contribution in [0.4, 0.5) is 0 Å². The molecule has 0 saturated carbocycles. The zero-order valence-corrected chi connectivity index (χ0v) is 11.9. The Morgan fingerprint density at radius 2 is 2.14 bits per heavy atom. The lowest BCUT2D eigenvalue weighted by Crippen LogP contribution is -2.38. The van der Waals surface area contributed by atoms with E-state index in [1.165, 1.54) is 0 Å². The molecule has 0 unspecified atom stereocenters. The second-order valence-corrected chi connectivity index (χ2v) is 5.36. The Hall–Kier alpha value is -2.14. The Labute approximate surface area is 123 Å². The molecule has 3 rings (SSSR count). The summed E-state index contributed by atoms with van der Waals surface area (Å²) in [6.07, 6.45) is 5.89. The first-order valence-electron chi connectivity index (χ1n) is 7.27. The average Bonchev–Trinajstić information content (AvgIpc) is 3.19. The molecule has 0 aliphatic carbocycles. The molecule has 0 bridgehead atoms. The van der Waals surface area contributed by atoms with E-state index < -0.39 is 0 Å². The highest BCUT2D eigenvalue weighted by molar-refractivity contribution is 5.79. The smallest absolute Gasteiger partial charge is 0.227 e. The number of aliphatic hydroxyl groups is 1. The lowest BCUT2D eigenvalue weighted by molar-refractivity contribution is -0.131. The van der Waals surface area contributed by atoms with Crippen LogP contribution in [-0.2, 0) is 11.2 Å². The number of carbonyl (C=O) groups is 1. The average molecular weight is 285 g/mol. The molecule has 1 amide bonds. The number of amides is 1. The van der Waals surface area contributed by atoms with Gasteiger partial charge in [0.2, 0.25) is 5.91 Å². The minimum absolute atomic E-state index is 0.000785. The Morgan fingerprint density at radius 1 is 1.33 bits per heavy atom. The zero-order chi connectivity index (χ0) is 14.7. The molecule has 21 heavy (non-hydrogen) atoms. The topological polar surface area (TPSA) is 58.4 Å². The van der Waals surface area contributed by atoms with Gasteiger partial charge in [0.1, 0.15) is 0 Å². The van der Waals surface area contributed by atoms with E-state index in [1.54, 1.807) is 15.8 Å². The summed E-state index contributed by atoms with van der Waals surface area (Å²) in [5.41, 5.74) is 1.96. The molecule has 2 aromatic rings. The van der Waals surface area contributed by atoms with Crippen molar-refractivity contribution in [1.82, 2.24) is 14.7 Å². The lowest BCUT2D eigenvalue weighted by atomic mass is 10.1. The van der Waals surface area contributed by atoms with Crippen LogP contribution < -0.4 is 0 Å². The lowest BCUT2D eigenvalue weighted by Gasteiger charge is -2.23. The molecule has 1 saturated heterocycles. The molecule has 1 aliphatic rings. The minimum Gasteiger partial charge on any atom is -0.394 e. The highest BCUT2D eigenvalue weighted by atomic mass is 16.3. The summed E-state index contributed by atoms with van der Waals surface area (Å²) in [7, 11) is 0. The molecule has 5 nitrogen and oxygen atoms in total. The molecule has 1 fully saturated rings. The molecule has 1 aromatic heterocycles. The van der Waals surface area contributed by atoms with Gasteiger partial charge in [-0.1, -0.05) is 12.1 Å². The van der Waals surface area contributed by atoms with Crippen molar-refractivity contribution in [3.63, 3.8) is 0 Å². The van der Waals surface area contributed by atoms with Crippen LogP contribution in [0.15, 0.2) is 42.7 Å². The van der Waals surface area contributed by atoms with Crippen molar-refractivity contribution in [2.45, 2.75) is 25.3 Å². The number of carbonyl (C=O) groups excluding carboxylic acids is 1. The largest absolute Gasteiger partial charge is 0.394 e. The number of hydrogen-bond donors (Lipinski definition) is 1. The van der Waals surface area contributed by atoms with E-state index in [1.807, 2.05) is 36.5 Å². The SMILES string of the molecule is O=C(Cc1ccc(-n2cccn2)cc1)N1CCC[C@@H]1CO. The number of benzene rings is 1. The van der Waals surface area contributed by atoms with Crippen LogP contribution in [0.3, 0.4) is 0 Å². The monoisotopic (exact) mass is 285 g/mol. The molecule has 110 valence electrons. The highest BCUT2D eigenvalue weighted by Gasteiger charge is 2.27. The van der Waals surface area contributed by atoms with Gasteiger partial charge >= 0.3 is 0 Å². The van der Waals surface area contributed by atoms with Crippen molar-refractivity contribution in [2.24, 2.45) is 0 Å². The molecular weight excluding hydrogens is 266 g/mol. The Kier molecular flexibility index (Phi) is 4.01. The summed E-state index contributed by atoms with van der Waals surface area (Å²) in [6.45, 7) is 0.819. The predicted octanol–water partition coefficient (Wildman–Crippen LogP) is 1.40. The van der Waals surface area contributed by atoms with E-state index in [2.05, 4.69) is 5.10 Å². The quantitative estimate of drug-likeness (QED) is 0.923. The number of aromatic nitrogens is 2. The fourth-order valence-corrected chi connectivity index (χ4v) is 2.82. The summed E-state index contributed by atoms with van der Waals surface area (Å²) in [4.78, 5) is 14.1. The van der Waals surface area contributed by atoms with E-state index in [4.69, 9.17) is 0 Å². The van der Waals surface area contributed by atoms with Crippen molar-refractivity contribution >= 4 is 5.91 Å². The maximum absolute atomic E-state index is 12.3. The van der Waals surface area contributed by atoms with Gasteiger partial charge in [0.15, 0.2) is 0 Å². The van der Waals surface area contributed by atoms with E-state index >= 15 is 0 Å². The fourth-order valence-electron chi connectivity index (χ4n) is 2.82. The Bertz CT molecular complexity index is 592. The predicted molar refractivity (Wildman–Crippen MR) is 79.1 cm³/mol. The fraction of sp³-hybridized carbons (Fsp3) is 0.375. The Morgan fingerprint density at radius 3 is 2.81 bits per heavy atom. The van der Waals surface area contributed by atoms with Gasteiger partial charge in [-0.15, -0.1) is 0 Å². The first kappa shape index (κ1) is 13.8. The van der Waals surface area contributed by atoms with Crippen molar-refractivity contribution < 1.29 is 9.90 Å². The summed E-state index contributed by atoms with van der Waals surface area (Å²) < 4.78 is 1.79. The van der Waals surface area contributed by atoms with Crippen molar-refractivity contribution in [3.05, 3.63) is 48.3 Å². The molecular formula is C16H19N3O2. The standard InChI is InChI=1S/C16H19N3O2/c20-12-15-3-1-9-18(15)16(21)11-13-4-6-14(7-5-13)19-10-2-8-17-19/h2,4-8,10,15,20H,1,3,9,11-12H2/t15-/m1/s1. The van der Waals surface area contributed by atoms with Gasteiger partial charge in [0, 0.05) is 18.9 Å². The van der Waals surface area contributed by atoms with E-state index in [-0.39, 0.29) is 18.6 Å². The maximum Gasteiger partial charge on any atom is 0.227 e. The van der Waals surface area contributed by atoms with E-state index in [0.717, 1.165) is 30.6 Å². The highest BCUT2D eigenvalue weighted by Crippen LogP contribution is 2.18. The van der Waals surface area contributed by atoms with E-state index in [0.29, 0.717) is 6.42 Å². The number of rotatable bonds is 4.